The van der Waals surface area contributed by atoms with Crippen LogP contribution >= 0.6 is 0 Å². The highest BCUT2D eigenvalue weighted by atomic mass is 16.5. The Hall–Kier alpha value is -2.20. The van der Waals surface area contributed by atoms with Crippen molar-refractivity contribution in [3.63, 3.8) is 0 Å². The van der Waals surface area contributed by atoms with E-state index in [-0.39, 0.29) is 18.4 Å². The third-order valence-corrected chi connectivity index (χ3v) is 4.99. The van der Waals surface area contributed by atoms with E-state index in [0.29, 0.717) is 45.1 Å². The molecule has 28 heavy (non-hydrogen) atoms. The Labute approximate surface area is 164 Å². The number of primary amides is 1. The fraction of sp³-hybridized carbons (Fsp3) is 0.778. The Morgan fingerprint density at radius 1 is 1.25 bits per heavy atom. The number of amides is 4. The summed E-state index contributed by atoms with van der Waals surface area (Å²) in [5, 5.41) is 2.78. The summed E-state index contributed by atoms with van der Waals surface area (Å²) in [6.07, 6.45) is -0.0517. The van der Waals surface area contributed by atoms with Crippen molar-refractivity contribution < 1.29 is 28.7 Å². The zero-order valence-corrected chi connectivity index (χ0v) is 16.7. The second-order valence-corrected chi connectivity index (χ2v) is 7.57. The number of Topliss-reactive ketones (excluding diaryl/α,β-unsaturated/α-hetero) is 1. The van der Waals surface area contributed by atoms with Crippen LogP contribution in [-0.4, -0.2) is 91.6 Å². The van der Waals surface area contributed by atoms with Gasteiger partial charge in [0.05, 0.1) is 13.2 Å². The third kappa shape index (κ3) is 5.41. The smallest absolute Gasteiger partial charge is 0.318 e. The SMILES string of the molecule is CC(C)CCC(NC(=O)N1CCOCC1)C(=O)N(C)C1C(=O)CO[C@@H]1C(N)=O. The molecule has 3 N–H and O–H groups in total. The Morgan fingerprint density at radius 3 is 2.46 bits per heavy atom. The maximum atomic E-state index is 13.1. The molecule has 3 atom stereocenters. The van der Waals surface area contributed by atoms with Crippen LogP contribution in [0.4, 0.5) is 4.79 Å². The summed E-state index contributed by atoms with van der Waals surface area (Å²) in [5.74, 6) is -1.30. The Kier molecular flexibility index (Phi) is 7.76. The number of morpholine rings is 1. The van der Waals surface area contributed by atoms with Crippen LogP contribution in [0.2, 0.25) is 0 Å². The zero-order chi connectivity index (χ0) is 20.8. The van der Waals surface area contributed by atoms with E-state index in [1.165, 1.54) is 11.9 Å². The maximum Gasteiger partial charge on any atom is 0.318 e. The summed E-state index contributed by atoms with van der Waals surface area (Å²) in [4.78, 5) is 52.1. The molecule has 10 heteroatoms. The van der Waals surface area contributed by atoms with Gasteiger partial charge in [0.15, 0.2) is 11.9 Å². The Bertz CT molecular complexity index is 605. The standard InChI is InChI=1S/C18H30N4O6/c1-11(2)4-5-12(20-18(26)22-6-8-27-9-7-22)17(25)21(3)14-13(23)10-28-15(14)16(19)24/h11-12,14-15H,4-10H2,1-3H3,(H2,19,24)(H,20,26)/t12?,14?,15-/m0/s1. The molecule has 0 radical (unpaired) electrons. The molecule has 2 unspecified atom stereocenters. The van der Waals surface area contributed by atoms with E-state index >= 15 is 0 Å². The molecule has 2 aliphatic rings. The van der Waals surface area contributed by atoms with Crippen molar-refractivity contribution in [2.75, 3.05) is 40.0 Å². The van der Waals surface area contributed by atoms with Crippen LogP contribution in [0.5, 0.6) is 0 Å². The Balaban J connectivity index is 2.11. The molecule has 0 aromatic heterocycles. The quantitative estimate of drug-likeness (QED) is 0.572. The first-order chi connectivity index (χ1) is 13.2. The van der Waals surface area contributed by atoms with Gasteiger partial charge >= 0.3 is 6.03 Å². The minimum absolute atomic E-state index is 0.271. The molecule has 0 aliphatic carbocycles. The second-order valence-electron chi connectivity index (χ2n) is 7.57. The maximum absolute atomic E-state index is 13.1. The molecule has 2 saturated heterocycles. The molecule has 0 aromatic rings. The summed E-state index contributed by atoms with van der Waals surface area (Å²) in [6.45, 7) is 5.57. The predicted molar refractivity (Wildman–Crippen MR) is 99.3 cm³/mol. The van der Waals surface area contributed by atoms with Gasteiger partial charge in [-0.15, -0.1) is 0 Å². The summed E-state index contributed by atoms with van der Waals surface area (Å²) in [5.41, 5.74) is 5.30. The van der Waals surface area contributed by atoms with Crippen molar-refractivity contribution in [1.82, 2.24) is 15.1 Å². The molecule has 2 fully saturated rings. The van der Waals surface area contributed by atoms with Crippen LogP contribution in [0.25, 0.3) is 0 Å². The zero-order valence-electron chi connectivity index (χ0n) is 16.7. The number of nitrogens with two attached hydrogens (primary N) is 1. The summed E-state index contributed by atoms with van der Waals surface area (Å²) in [6, 6.07) is -2.24. The van der Waals surface area contributed by atoms with Crippen molar-refractivity contribution in [2.24, 2.45) is 11.7 Å². The van der Waals surface area contributed by atoms with Crippen molar-refractivity contribution in [3.05, 3.63) is 0 Å². The summed E-state index contributed by atoms with van der Waals surface area (Å²) in [7, 11) is 1.43. The van der Waals surface area contributed by atoms with Crippen LogP contribution in [0.15, 0.2) is 0 Å². The molecular weight excluding hydrogens is 368 g/mol. The molecule has 2 aliphatic heterocycles. The van der Waals surface area contributed by atoms with Gasteiger partial charge in [0, 0.05) is 20.1 Å². The van der Waals surface area contributed by atoms with Crippen molar-refractivity contribution in [2.45, 2.75) is 44.9 Å². The van der Waals surface area contributed by atoms with Crippen LogP contribution in [0.1, 0.15) is 26.7 Å². The van der Waals surface area contributed by atoms with Gasteiger partial charge < -0.3 is 30.3 Å². The highest BCUT2D eigenvalue weighted by Crippen LogP contribution is 2.18. The van der Waals surface area contributed by atoms with E-state index < -0.39 is 30.0 Å². The first kappa shape index (κ1) is 22.1. The van der Waals surface area contributed by atoms with E-state index in [4.69, 9.17) is 15.2 Å². The number of hydrogen-bond donors (Lipinski definition) is 2. The third-order valence-electron chi connectivity index (χ3n) is 4.99. The number of carbonyl (C=O) groups is 4. The van der Waals surface area contributed by atoms with Crippen LogP contribution in [0.3, 0.4) is 0 Å². The van der Waals surface area contributed by atoms with Crippen molar-refractivity contribution >= 4 is 23.6 Å². The average Bonchev–Trinajstić information content (AvgIpc) is 3.06. The highest BCUT2D eigenvalue weighted by molar-refractivity contribution is 5.99. The van der Waals surface area contributed by atoms with E-state index in [2.05, 4.69) is 5.32 Å². The van der Waals surface area contributed by atoms with Crippen LogP contribution < -0.4 is 11.1 Å². The highest BCUT2D eigenvalue weighted by Gasteiger charge is 2.45. The molecule has 2 heterocycles. The first-order valence-corrected chi connectivity index (χ1v) is 9.55. The normalized spacial score (nSPS) is 23.6. The topological polar surface area (TPSA) is 131 Å². The monoisotopic (exact) mass is 398 g/mol. The molecule has 10 nitrogen and oxygen atoms in total. The number of rotatable bonds is 7. The van der Waals surface area contributed by atoms with Gasteiger partial charge in [-0.1, -0.05) is 13.8 Å². The summed E-state index contributed by atoms with van der Waals surface area (Å²) < 4.78 is 10.4. The first-order valence-electron chi connectivity index (χ1n) is 9.55. The summed E-state index contributed by atoms with van der Waals surface area (Å²) >= 11 is 0. The van der Waals surface area contributed by atoms with Crippen molar-refractivity contribution in [1.29, 1.82) is 0 Å². The van der Waals surface area contributed by atoms with Crippen LogP contribution in [-0.2, 0) is 23.9 Å². The van der Waals surface area contributed by atoms with Gasteiger partial charge in [-0.3, -0.25) is 14.4 Å². The molecule has 0 bridgehead atoms. The van der Waals surface area contributed by atoms with E-state index in [0.717, 1.165) is 0 Å². The molecule has 2 rings (SSSR count). The lowest BCUT2D eigenvalue weighted by Gasteiger charge is -2.32. The minimum atomic E-state index is -1.18. The predicted octanol–water partition coefficient (Wildman–Crippen LogP) is -0.887. The minimum Gasteiger partial charge on any atom is -0.378 e. The number of urea groups is 1. The number of nitrogens with zero attached hydrogens (tertiary/aromatic N) is 2. The molecular formula is C18H30N4O6. The Morgan fingerprint density at radius 2 is 1.89 bits per heavy atom. The number of nitrogens with one attached hydrogen (secondary N) is 1. The number of ether oxygens (including phenoxy) is 2. The number of ketones is 1. The fourth-order valence-corrected chi connectivity index (χ4v) is 3.32. The molecule has 0 spiro atoms. The van der Waals surface area contributed by atoms with E-state index in [9.17, 15) is 19.2 Å². The molecule has 0 saturated carbocycles. The van der Waals surface area contributed by atoms with Gasteiger partial charge in [0.1, 0.15) is 18.7 Å². The number of hydrogen-bond acceptors (Lipinski definition) is 6. The van der Waals surface area contributed by atoms with E-state index in [1.54, 1.807) is 4.90 Å². The lowest BCUT2D eigenvalue weighted by molar-refractivity contribution is -0.141. The number of likely N-dealkylation sites (N-methyl/N-ethyl adjacent to an activating group) is 1. The largest absolute Gasteiger partial charge is 0.378 e. The van der Waals surface area contributed by atoms with Gasteiger partial charge in [0.25, 0.3) is 0 Å². The van der Waals surface area contributed by atoms with E-state index in [1.807, 2.05) is 13.8 Å². The molecule has 4 amide bonds. The fourth-order valence-electron chi connectivity index (χ4n) is 3.32. The van der Waals surface area contributed by atoms with Crippen LogP contribution in [0, 0.1) is 5.92 Å². The number of carbonyl (C=O) groups excluding carboxylic acids is 4. The molecule has 0 aromatic carbocycles. The van der Waals surface area contributed by atoms with Gasteiger partial charge in [0.2, 0.25) is 11.8 Å². The van der Waals surface area contributed by atoms with Crippen molar-refractivity contribution in [3.8, 4) is 0 Å². The lowest BCUT2D eigenvalue weighted by Crippen LogP contribution is -2.58. The van der Waals surface area contributed by atoms with Gasteiger partial charge in [-0.2, -0.15) is 0 Å². The van der Waals surface area contributed by atoms with Gasteiger partial charge in [-0.25, -0.2) is 4.79 Å². The average molecular weight is 398 g/mol. The second kappa shape index (κ2) is 9.83. The lowest BCUT2D eigenvalue weighted by atomic mass is 10.0. The van der Waals surface area contributed by atoms with Gasteiger partial charge in [-0.05, 0) is 18.8 Å². The molecule has 158 valence electrons.